The molecule has 0 heterocycles. The van der Waals surface area contributed by atoms with E-state index in [1.807, 2.05) is 46.3 Å². The summed E-state index contributed by atoms with van der Waals surface area (Å²) in [4.78, 5) is 23.2. The smallest absolute Gasteiger partial charge is 0.119 e. The number of hydrogen-bond donors (Lipinski definition) is 1. The molecule has 0 saturated heterocycles. The maximum atomic E-state index is 12.7. The van der Waals surface area contributed by atoms with Crippen LogP contribution in [0.5, 0.6) is 0 Å². The molecule has 378 valence electrons. The standard InChI is InChI=1S/C26H36O2.C15H24.C11H14O2.CH3.Al.Cu.I7.H/c1-6-7-8-20-9-11-21(12-10-20)25(27)28-24-15-19(4)26(5)17-22(18(2)3)13-14-23(26)16-24;1-11(2)13-8-9-14-7-5-6-12(3)15(14,4)10-13;1-2-3-4-9-5-7-10(8-6-9)11(12)13;;;;1-5-7(4)6(2)3;/h9-12,16,19,22,24H,2,6-8,13-15,17H2,1,3-5H3;7,12-13H,1,5-6,8-10H2,2-4H3;5-8H,2-4H2,1H3,(H,12,13);1H3;;;;/q;;;;;;-1;/t19-,22-,24-,26+;12-,13-,15+;;;;;;/m11....../s1. The Morgan fingerprint density at radius 3 is 1.65 bits per heavy atom. The molecule has 66 heavy (non-hydrogen) atoms. The monoisotopic (exact) mass is 1760 g/mol. The zero-order valence-corrected chi connectivity index (χ0v) is 58.5. The Morgan fingerprint density at radius 1 is 0.788 bits per heavy atom. The maximum absolute atomic E-state index is 12.7. The Labute approximate surface area is 476 Å². The van der Waals surface area contributed by atoms with Gasteiger partial charge in [-0.25, -0.2) is 9.59 Å². The number of carboxylic acid groups (broad SMARTS) is 1. The van der Waals surface area contributed by atoms with Gasteiger partial charge in [0.2, 0.25) is 0 Å². The van der Waals surface area contributed by atoms with Crippen molar-refractivity contribution in [2.45, 2.75) is 164 Å². The molecule has 0 bridgehead atoms. The first-order valence-corrected chi connectivity index (χ1v) is 62.6. The molecule has 2 aromatic carbocycles. The molecule has 0 amide bonds. The summed E-state index contributed by atoms with van der Waals surface area (Å²) in [5.41, 5.74) is 10.2. The maximum Gasteiger partial charge on any atom is 0.167 e. The van der Waals surface area contributed by atoms with Gasteiger partial charge in [0.25, 0.3) is 0 Å². The van der Waals surface area contributed by atoms with Gasteiger partial charge in [-0.15, -0.1) is 5.79 Å². The molecule has 0 unspecified atom stereocenters. The zero-order chi connectivity index (χ0) is 48.9. The van der Waals surface area contributed by atoms with Crippen molar-refractivity contribution in [3.63, 3.8) is 0 Å². The fourth-order valence-corrected chi connectivity index (χ4v) is 219. The van der Waals surface area contributed by atoms with E-state index in [4.69, 9.17) is 9.84 Å². The SMILES string of the molecule is C=C(C)[C@@H]1CCC2=CCC[C@@H](C)[C@]2(C)C1.C=C(C)[C@@H]1CCC2=C[C@H](OC(=O)c3ccc(CCCC)cc3)C[C@@H](C)[C@]2(C)C1.CCCCc1ccc(C(=O)O)cc1.I[I-]I(I)I(I)I.[CH3][AlH].[Cu]. The van der Waals surface area contributed by atoms with E-state index in [1.165, 1.54) is 92.1 Å². The Bertz CT molecular complexity index is 1860. The quantitative estimate of drug-likeness (QED) is 0.0939. The van der Waals surface area contributed by atoms with Crippen LogP contribution in [-0.2, 0) is 34.6 Å². The topological polar surface area (TPSA) is 63.6 Å². The van der Waals surface area contributed by atoms with Gasteiger partial charge in [-0.05, 0) is 173 Å². The first-order valence-electron chi connectivity index (χ1n) is 23.5. The van der Waals surface area contributed by atoms with E-state index in [1.54, 1.807) is 17.7 Å². The molecule has 2 saturated carbocycles. The second-order valence-electron chi connectivity index (χ2n) is 18.7. The van der Waals surface area contributed by atoms with Crippen molar-refractivity contribution in [2.24, 2.45) is 34.5 Å². The van der Waals surface area contributed by atoms with E-state index >= 15 is 0 Å². The second-order valence-corrected chi connectivity index (χ2v) is 132. The number of aromatic carboxylic acids is 1. The number of unbranched alkanes of at least 4 members (excludes halogenated alkanes) is 2. The third-order valence-electron chi connectivity index (χ3n) is 14.3. The van der Waals surface area contributed by atoms with Crippen molar-refractivity contribution in [1.29, 1.82) is 0 Å². The van der Waals surface area contributed by atoms with E-state index in [-0.39, 0.29) is 50.3 Å². The van der Waals surface area contributed by atoms with E-state index in [0.717, 1.165) is 43.9 Å². The zero-order valence-electron chi connectivity index (χ0n) is 41.0. The van der Waals surface area contributed by atoms with Crippen LogP contribution in [0.15, 0.2) is 96.1 Å². The third-order valence-corrected chi connectivity index (χ3v) is 262. The molecule has 4 aliphatic carbocycles. The summed E-state index contributed by atoms with van der Waals surface area (Å²) in [5, 5.41) is 8.65. The van der Waals surface area contributed by atoms with Crippen LogP contribution < -0.4 is 13.3 Å². The summed E-state index contributed by atoms with van der Waals surface area (Å²) < 4.78 is 5.90. The molecule has 13 heteroatoms. The number of carbonyl (C=O) groups is 2. The summed E-state index contributed by atoms with van der Waals surface area (Å²) >= 11 is 13.3. The fourth-order valence-electron chi connectivity index (χ4n) is 9.62. The number of allylic oxidation sites excluding steroid dienone is 5. The Morgan fingerprint density at radius 2 is 1.24 bits per heavy atom. The number of aryl methyl sites for hydroxylation is 2. The van der Waals surface area contributed by atoms with Crippen LogP contribution in [0.4, 0.5) is 0 Å². The minimum Gasteiger partial charge on any atom is -0.119 e. The molecule has 4 aliphatic rings. The number of fused-ring (bicyclic) bond motifs is 2. The molecule has 0 spiro atoms. The predicted octanol–water partition coefficient (Wildman–Crippen LogP) is 16.6. The van der Waals surface area contributed by atoms with Gasteiger partial charge in [0.05, 0.1) is 11.1 Å². The number of rotatable bonds is 13. The Kier molecular flexibility index (Phi) is 35.2. The molecule has 1 N–H and O–H groups in total. The molecule has 0 aliphatic heterocycles. The first-order chi connectivity index (χ1) is 30.8. The third kappa shape index (κ3) is 21.8. The number of halogens is 7. The van der Waals surface area contributed by atoms with Crippen LogP contribution in [0.25, 0.3) is 0 Å². The molecular weight excluding hydrogens is 1680 g/mol. The minimum absolute atomic E-state index is 0. The summed E-state index contributed by atoms with van der Waals surface area (Å²) in [6.45, 7) is 26.7. The van der Waals surface area contributed by atoms with Crippen LogP contribution in [0.2, 0.25) is 5.79 Å². The van der Waals surface area contributed by atoms with E-state index in [2.05, 4.69) is 167 Å². The second kappa shape index (κ2) is 34.9. The van der Waals surface area contributed by atoms with Gasteiger partial charge in [0, 0.05) is 17.1 Å². The number of hydrogen-bond acceptors (Lipinski definition) is 3. The molecule has 2 aromatic rings. The molecule has 6 rings (SSSR count). The average Bonchev–Trinajstić information content (AvgIpc) is 3.29. The van der Waals surface area contributed by atoms with Crippen molar-refractivity contribution in [2.75, 3.05) is 0 Å². The van der Waals surface area contributed by atoms with Crippen LogP contribution in [0.3, 0.4) is 0 Å². The molecule has 0 aromatic heterocycles. The van der Waals surface area contributed by atoms with Crippen LogP contribution >= 0.6 is 90.3 Å². The van der Waals surface area contributed by atoms with E-state index in [0.29, 0.717) is 41.6 Å². The van der Waals surface area contributed by atoms with Gasteiger partial charge < -0.3 is 9.84 Å². The van der Waals surface area contributed by atoms with Crippen LogP contribution in [0, 0.1) is 34.5 Å². The largest absolute Gasteiger partial charge is 0.167 e. The number of carbonyl (C=O) groups excluding carboxylic acids is 1. The predicted molar refractivity (Wildman–Crippen MR) is 332 cm³/mol. The van der Waals surface area contributed by atoms with E-state index in [9.17, 15) is 9.59 Å². The van der Waals surface area contributed by atoms with Crippen molar-refractivity contribution in [1.82, 2.24) is 0 Å². The van der Waals surface area contributed by atoms with Gasteiger partial charge in [0.1, 0.15) is 6.10 Å². The first kappa shape index (κ1) is 66.5. The van der Waals surface area contributed by atoms with Crippen molar-refractivity contribution in [3.05, 3.63) is 118 Å². The van der Waals surface area contributed by atoms with Gasteiger partial charge in [-0.3, -0.25) is 0 Å². The molecule has 7 atom stereocenters. The normalized spacial score (nSPS) is 25.3. The van der Waals surface area contributed by atoms with E-state index < -0.39 is 5.97 Å². The fraction of sp³-hybridized carbons (Fsp3) is 0.585. The van der Waals surface area contributed by atoms with Crippen LogP contribution in [-0.4, -0.2) is 39.4 Å². The van der Waals surface area contributed by atoms with Crippen molar-refractivity contribution in [3.8, 4) is 0 Å². The van der Waals surface area contributed by atoms with Crippen molar-refractivity contribution >= 4 is 118 Å². The van der Waals surface area contributed by atoms with Gasteiger partial charge in [-0.2, -0.15) is 0 Å². The van der Waals surface area contributed by atoms with Crippen LogP contribution in [0.1, 0.15) is 171 Å². The number of carboxylic acids is 1. The van der Waals surface area contributed by atoms with Gasteiger partial charge >= 0.3 is 115 Å². The summed E-state index contributed by atoms with van der Waals surface area (Å²) in [6.07, 6.45) is 22.5. The molecule has 2 radical (unpaired) electrons. The average molecular weight is 1760 g/mol. The molecule has 2 fully saturated rings. The summed E-state index contributed by atoms with van der Waals surface area (Å²) in [7, 11) is -0.491. The molecular formula is C53H78AlCuI7O4-. The number of ether oxygens (including phenoxy) is 1. The Balaban J connectivity index is 0.000000484. The summed E-state index contributed by atoms with van der Waals surface area (Å²) in [6, 6.07) is 15.0. The molecule has 4 nitrogen and oxygen atoms in total. The van der Waals surface area contributed by atoms with Crippen molar-refractivity contribution < 1.29 is 49.8 Å². The summed E-state index contributed by atoms with van der Waals surface area (Å²) in [5.74, 6) is 3.73. The van der Waals surface area contributed by atoms with Gasteiger partial charge in [-0.1, -0.05) is 120 Å². The number of benzene rings is 2. The van der Waals surface area contributed by atoms with Gasteiger partial charge in [0.15, 0.2) is 16.3 Å². The Hall–Kier alpha value is 2.50. The minimum atomic E-state index is -0.859. The number of esters is 1.